The minimum atomic E-state index is -0.492. The molecule has 0 aromatic heterocycles. The van der Waals surface area contributed by atoms with Crippen LogP contribution in [0.1, 0.15) is 38.8 Å². The Labute approximate surface area is 119 Å². The summed E-state index contributed by atoms with van der Waals surface area (Å²) in [5, 5.41) is 6.24. The van der Waals surface area contributed by atoms with Gasteiger partial charge in [-0.05, 0) is 45.4 Å². The van der Waals surface area contributed by atoms with E-state index in [1.807, 2.05) is 39.0 Å². The van der Waals surface area contributed by atoms with E-state index in [0.717, 1.165) is 30.0 Å². The Kier molecular flexibility index (Phi) is 4.06. The van der Waals surface area contributed by atoms with Gasteiger partial charge < -0.3 is 20.1 Å². The first-order valence-corrected chi connectivity index (χ1v) is 6.80. The summed E-state index contributed by atoms with van der Waals surface area (Å²) in [6.45, 7) is 6.38. The molecule has 0 fully saturated rings. The number of hydrogen-bond donors (Lipinski definition) is 2. The van der Waals surface area contributed by atoms with Crippen molar-refractivity contribution in [2.24, 2.45) is 0 Å². The zero-order chi connectivity index (χ0) is 14.8. The Morgan fingerprint density at radius 2 is 2.15 bits per heavy atom. The summed E-state index contributed by atoms with van der Waals surface area (Å²) in [4.78, 5) is 11.9. The van der Waals surface area contributed by atoms with Gasteiger partial charge in [-0.3, -0.25) is 0 Å². The van der Waals surface area contributed by atoms with E-state index in [-0.39, 0.29) is 6.04 Å². The molecule has 1 aliphatic rings. The van der Waals surface area contributed by atoms with E-state index in [0.29, 0.717) is 0 Å². The molecule has 1 aromatic carbocycles. The minimum absolute atomic E-state index is 0.0591. The summed E-state index contributed by atoms with van der Waals surface area (Å²) < 4.78 is 10.6. The van der Waals surface area contributed by atoms with Gasteiger partial charge in [0.25, 0.3) is 0 Å². The van der Waals surface area contributed by atoms with Crippen molar-refractivity contribution in [1.29, 1.82) is 0 Å². The Bertz CT molecular complexity index is 494. The quantitative estimate of drug-likeness (QED) is 0.873. The monoisotopic (exact) mass is 278 g/mol. The van der Waals surface area contributed by atoms with E-state index < -0.39 is 11.7 Å². The molecule has 1 aliphatic heterocycles. The summed E-state index contributed by atoms with van der Waals surface area (Å²) >= 11 is 0. The third-order valence-corrected chi connectivity index (χ3v) is 3.07. The van der Waals surface area contributed by atoms with Crippen molar-refractivity contribution in [3.05, 3.63) is 23.8 Å². The first-order valence-electron chi connectivity index (χ1n) is 6.80. The molecule has 0 bridgehead atoms. The second-order valence-corrected chi connectivity index (χ2v) is 5.87. The van der Waals surface area contributed by atoms with Gasteiger partial charge in [-0.25, -0.2) is 4.79 Å². The molecule has 1 amide bonds. The standard InChI is InChI=1S/C15H22N2O3/c1-15(2,3)20-14(18)17-13-7-8-16-12-6-5-10(19-4)9-11(12)13/h5-6,9,13,16H,7-8H2,1-4H3,(H,17,18)/t13-/m0/s1. The molecule has 5 heteroatoms. The zero-order valence-electron chi connectivity index (χ0n) is 12.4. The van der Waals surface area contributed by atoms with Gasteiger partial charge in [-0.15, -0.1) is 0 Å². The second-order valence-electron chi connectivity index (χ2n) is 5.87. The van der Waals surface area contributed by atoms with E-state index in [1.54, 1.807) is 7.11 Å². The van der Waals surface area contributed by atoms with Crippen LogP contribution in [0.5, 0.6) is 5.75 Å². The largest absolute Gasteiger partial charge is 0.497 e. The summed E-state index contributed by atoms with van der Waals surface area (Å²) in [6.07, 6.45) is 0.428. The van der Waals surface area contributed by atoms with Gasteiger partial charge in [0.15, 0.2) is 0 Å². The first kappa shape index (κ1) is 14.5. The SMILES string of the molecule is COc1ccc2c(c1)[C@@H](NC(=O)OC(C)(C)C)CCN2. The fourth-order valence-electron chi connectivity index (χ4n) is 2.22. The van der Waals surface area contributed by atoms with Crippen LogP contribution < -0.4 is 15.4 Å². The molecule has 0 radical (unpaired) electrons. The van der Waals surface area contributed by atoms with Gasteiger partial charge >= 0.3 is 6.09 Å². The topological polar surface area (TPSA) is 59.6 Å². The zero-order valence-corrected chi connectivity index (χ0v) is 12.4. The van der Waals surface area contributed by atoms with Gasteiger partial charge in [0, 0.05) is 17.8 Å². The number of carbonyl (C=O) groups excluding carboxylic acids is 1. The predicted octanol–water partition coefficient (Wildman–Crippen LogP) is 3.08. The predicted molar refractivity (Wildman–Crippen MR) is 78.2 cm³/mol. The minimum Gasteiger partial charge on any atom is -0.497 e. The Morgan fingerprint density at radius 1 is 1.40 bits per heavy atom. The van der Waals surface area contributed by atoms with Gasteiger partial charge in [-0.1, -0.05) is 0 Å². The maximum absolute atomic E-state index is 11.9. The third-order valence-electron chi connectivity index (χ3n) is 3.07. The molecule has 2 N–H and O–H groups in total. The summed E-state index contributed by atoms with van der Waals surface area (Å²) in [6, 6.07) is 5.76. The highest BCUT2D eigenvalue weighted by molar-refractivity contribution is 5.70. The smallest absolute Gasteiger partial charge is 0.408 e. The van der Waals surface area contributed by atoms with E-state index >= 15 is 0 Å². The lowest BCUT2D eigenvalue weighted by molar-refractivity contribution is 0.0501. The van der Waals surface area contributed by atoms with Gasteiger partial charge in [0.1, 0.15) is 11.4 Å². The number of alkyl carbamates (subject to hydrolysis) is 1. The summed E-state index contributed by atoms with van der Waals surface area (Å²) in [5.41, 5.74) is 1.56. The van der Waals surface area contributed by atoms with Gasteiger partial charge in [0.2, 0.25) is 0 Å². The fraction of sp³-hybridized carbons (Fsp3) is 0.533. The van der Waals surface area contributed by atoms with Crippen LogP contribution in [-0.2, 0) is 4.74 Å². The molecule has 0 saturated carbocycles. The van der Waals surface area contributed by atoms with Crippen LogP contribution in [0.3, 0.4) is 0 Å². The maximum atomic E-state index is 11.9. The van der Waals surface area contributed by atoms with Crippen molar-refractivity contribution in [2.75, 3.05) is 19.0 Å². The van der Waals surface area contributed by atoms with Gasteiger partial charge in [0.05, 0.1) is 13.2 Å². The second kappa shape index (κ2) is 5.61. The highest BCUT2D eigenvalue weighted by Crippen LogP contribution is 2.32. The van der Waals surface area contributed by atoms with Crippen LogP contribution in [0, 0.1) is 0 Å². The molecular formula is C15H22N2O3. The lowest BCUT2D eigenvalue weighted by Gasteiger charge is -2.29. The molecule has 0 aliphatic carbocycles. The molecular weight excluding hydrogens is 256 g/mol. The molecule has 0 unspecified atom stereocenters. The van der Waals surface area contributed by atoms with Crippen molar-refractivity contribution in [2.45, 2.75) is 38.8 Å². The van der Waals surface area contributed by atoms with Crippen LogP contribution in [-0.4, -0.2) is 25.3 Å². The highest BCUT2D eigenvalue weighted by atomic mass is 16.6. The van der Waals surface area contributed by atoms with E-state index in [4.69, 9.17) is 9.47 Å². The Morgan fingerprint density at radius 3 is 2.80 bits per heavy atom. The lowest BCUT2D eigenvalue weighted by atomic mass is 9.98. The number of rotatable bonds is 2. The van der Waals surface area contributed by atoms with Crippen molar-refractivity contribution >= 4 is 11.8 Å². The van der Waals surface area contributed by atoms with Crippen molar-refractivity contribution < 1.29 is 14.3 Å². The number of benzene rings is 1. The number of hydrogen-bond acceptors (Lipinski definition) is 4. The van der Waals surface area contributed by atoms with Gasteiger partial charge in [-0.2, -0.15) is 0 Å². The van der Waals surface area contributed by atoms with E-state index in [1.165, 1.54) is 0 Å². The van der Waals surface area contributed by atoms with Crippen LogP contribution in [0.15, 0.2) is 18.2 Å². The van der Waals surface area contributed by atoms with E-state index in [2.05, 4.69) is 10.6 Å². The van der Waals surface area contributed by atoms with Crippen LogP contribution >= 0.6 is 0 Å². The normalized spacial score (nSPS) is 17.7. The number of methoxy groups -OCH3 is 1. The van der Waals surface area contributed by atoms with Crippen molar-refractivity contribution in [1.82, 2.24) is 5.32 Å². The molecule has 5 nitrogen and oxygen atoms in total. The molecule has 110 valence electrons. The number of amides is 1. The first-order chi connectivity index (χ1) is 9.39. The molecule has 2 rings (SSSR count). The average molecular weight is 278 g/mol. The molecule has 1 aromatic rings. The number of carbonyl (C=O) groups is 1. The van der Waals surface area contributed by atoms with Crippen LogP contribution in [0.4, 0.5) is 10.5 Å². The Hall–Kier alpha value is -1.91. The maximum Gasteiger partial charge on any atom is 0.408 e. The van der Waals surface area contributed by atoms with Crippen LogP contribution in [0.2, 0.25) is 0 Å². The molecule has 0 spiro atoms. The van der Waals surface area contributed by atoms with E-state index in [9.17, 15) is 4.79 Å². The highest BCUT2D eigenvalue weighted by Gasteiger charge is 2.24. The lowest BCUT2D eigenvalue weighted by Crippen LogP contribution is -2.37. The molecule has 20 heavy (non-hydrogen) atoms. The van der Waals surface area contributed by atoms with Crippen molar-refractivity contribution in [3.63, 3.8) is 0 Å². The number of ether oxygens (including phenoxy) is 2. The molecule has 1 heterocycles. The van der Waals surface area contributed by atoms with Crippen LogP contribution in [0.25, 0.3) is 0 Å². The summed E-state index contributed by atoms with van der Waals surface area (Å²) in [7, 11) is 1.63. The molecule has 1 atom stereocenters. The fourth-order valence-corrected chi connectivity index (χ4v) is 2.22. The molecule has 0 saturated heterocycles. The third kappa shape index (κ3) is 3.56. The number of nitrogens with one attached hydrogen (secondary N) is 2. The average Bonchev–Trinajstić information content (AvgIpc) is 2.36. The number of fused-ring (bicyclic) bond motifs is 1. The number of anilines is 1. The van der Waals surface area contributed by atoms with Crippen molar-refractivity contribution in [3.8, 4) is 5.75 Å². The summed E-state index contributed by atoms with van der Waals surface area (Å²) in [5.74, 6) is 0.781. The Balaban J connectivity index is 2.13.